The fraction of sp³-hybridized carbons (Fsp3) is 0.667. The highest BCUT2D eigenvalue weighted by Gasteiger charge is 2.33. The van der Waals surface area contributed by atoms with Crippen LogP contribution in [-0.4, -0.2) is 24.2 Å². The van der Waals surface area contributed by atoms with E-state index in [2.05, 4.69) is 23.4 Å². The van der Waals surface area contributed by atoms with Crippen LogP contribution in [0.1, 0.15) is 49.8 Å². The zero-order valence-corrected chi connectivity index (χ0v) is 11.9. The van der Waals surface area contributed by atoms with Gasteiger partial charge in [-0.15, -0.1) is 0 Å². The Bertz CT molecular complexity index is 397. The molecule has 1 aliphatic rings. The first kappa shape index (κ1) is 14.4. The van der Waals surface area contributed by atoms with E-state index in [0.29, 0.717) is 5.92 Å². The third kappa shape index (κ3) is 3.14. The third-order valence-corrected chi connectivity index (χ3v) is 4.14. The van der Waals surface area contributed by atoms with E-state index in [1.54, 1.807) is 7.11 Å². The molecule has 0 radical (unpaired) electrons. The molecule has 19 heavy (non-hydrogen) atoms. The molecular weight excluding hydrogens is 238 g/mol. The summed E-state index contributed by atoms with van der Waals surface area (Å²) in [6.45, 7) is 2.17. The van der Waals surface area contributed by atoms with Crippen molar-refractivity contribution in [3.63, 3.8) is 0 Å². The third-order valence-electron chi connectivity index (χ3n) is 4.14. The highest BCUT2D eigenvalue weighted by molar-refractivity contribution is 5.27. The van der Waals surface area contributed by atoms with Crippen molar-refractivity contribution in [2.24, 2.45) is 5.84 Å². The van der Waals surface area contributed by atoms with Gasteiger partial charge in [0.05, 0.1) is 12.1 Å². The van der Waals surface area contributed by atoms with Crippen LogP contribution in [0, 0.1) is 0 Å². The second kappa shape index (κ2) is 6.98. The monoisotopic (exact) mass is 263 g/mol. The van der Waals surface area contributed by atoms with Crippen LogP contribution in [0.5, 0.6) is 0 Å². The highest BCUT2D eigenvalue weighted by atomic mass is 16.5. The molecule has 2 rings (SSSR count). The van der Waals surface area contributed by atoms with Crippen LogP contribution in [0.2, 0.25) is 0 Å². The van der Waals surface area contributed by atoms with E-state index in [-0.39, 0.29) is 12.1 Å². The van der Waals surface area contributed by atoms with Crippen molar-refractivity contribution in [1.29, 1.82) is 0 Å². The average molecular weight is 263 g/mol. The van der Waals surface area contributed by atoms with Gasteiger partial charge in [0.1, 0.15) is 0 Å². The molecule has 1 aromatic heterocycles. The standard InChI is InChI=1S/C15H25N3O/c1-3-6-13(19-2)15(18-16)12-9-4-7-11-8-5-10-17-14(11)12/h5,8,10,12-13,15,18H,3-4,6-7,9,16H2,1-2H3. The van der Waals surface area contributed by atoms with Crippen LogP contribution >= 0.6 is 0 Å². The number of fused-ring (bicyclic) bond motifs is 1. The first-order chi connectivity index (χ1) is 9.31. The van der Waals surface area contributed by atoms with Gasteiger partial charge in [0.25, 0.3) is 0 Å². The molecule has 0 bridgehead atoms. The molecule has 0 fully saturated rings. The Morgan fingerprint density at radius 3 is 3.11 bits per heavy atom. The Morgan fingerprint density at radius 1 is 1.58 bits per heavy atom. The van der Waals surface area contributed by atoms with Gasteiger partial charge in [-0.05, 0) is 37.3 Å². The summed E-state index contributed by atoms with van der Waals surface area (Å²) in [5.41, 5.74) is 5.55. The molecule has 0 saturated heterocycles. The van der Waals surface area contributed by atoms with Gasteiger partial charge in [-0.2, -0.15) is 0 Å². The van der Waals surface area contributed by atoms with Gasteiger partial charge in [0, 0.05) is 24.9 Å². The van der Waals surface area contributed by atoms with Crippen LogP contribution in [0.15, 0.2) is 18.3 Å². The summed E-state index contributed by atoms with van der Waals surface area (Å²) in [4.78, 5) is 4.60. The van der Waals surface area contributed by atoms with E-state index >= 15 is 0 Å². The molecule has 3 N–H and O–H groups in total. The molecule has 106 valence electrons. The number of hydrogen-bond donors (Lipinski definition) is 2. The lowest BCUT2D eigenvalue weighted by Crippen LogP contribution is -2.49. The van der Waals surface area contributed by atoms with Crippen molar-refractivity contribution in [3.05, 3.63) is 29.6 Å². The number of methoxy groups -OCH3 is 1. The van der Waals surface area contributed by atoms with E-state index in [0.717, 1.165) is 25.7 Å². The van der Waals surface area contributed by atoms with Gasteiger partial charge < -0.3 is 4.74 Å². The van der Waals surface area contributed by atoms with Crippen LogP contribution in [-0.2, 0) is 11.2 Å². The zero-order chi connectivity index (χ0) is 13.7. The quantitative estimate of drug-likeness (QED) is 0.610. The number of aromatic nitrogens is 1. The number of nitrogens with two attached hydrogens (primary N) is 1. The number of aryl methyl sites for hydroxylation is 1. The van der Waals surface area contributed by atoms with Crippen molar-refractivity contribution in [1.82, 2.24) is 10.4 Å². The van der Waals surface area contributed by atoms with E-state index in [4.69, 9.17) is 10.6 Å². The Kier molecular flexibility index (Phi) is 5.31. The fourth-order valence-corrected chi connectivity index (χ4v) is 3.21. The van der Waals surface area contributed by atoms with Crippen LogP contribution < -0.4 is 11.3 Å². The summed E-state index contributed by atoms with van der Waals surface area (Å²) < 4.78 is 5.64. The molecule has 0 amide bonds. The van der Waals surface area contributed by atoms with Crippen LogP contribution in [0.3, 0.4) is 0 Å². The molecule has 1 heterocycles. The number of hydrazine groups is 1. The van der Waals surface area contributed by atoms with Gasteiger partial charge in [0.2, 0.25) is 0 Å². The van der Waals surface area contributed by atoms with Crippen molar-refractivity contribution >= 4 is 0 Å². The molecule has 1 aliphatic carbocycles. The fourth-order valence-electron chi connectivity index (χ4n) is 3.21. The minimum atomic E-state index is 0.138. The lowest BCUT2D eigenvalue weighted by molar-refractivity contribution is 0.0490. The Hall–Kier alpha value is -0.970. The Morgan fingerprint density at radius 2 is 2.42 bits per heavy atom. The maximum absolute atomic E-state index is 5.81. The molecule has 3 atom stereocenters. The lowest BCUT2D eigenvalue weighted by Gasteiger charge is -2.35. The number of hydrogen-bond acceptors (Lipinski definition) is 4. The summed E-state index contributed by atoms with van der Waals surface area (Å²) in [7, 11) is 1.77. The van der Waals surface area contributed by atoms with Crippen molar-refractivity contribution in [3.8, 4) is 0 Å². The second-order valence-electron chi connectivity index (χ2n) is 5.30. The minimum Gasteiger partial charge on any atom is -0.380 e. The van der Waals surface area contributed by atoms with Gasteiger partial charge in [-0.1, -0.05) is 19.4 Å². The summed E-state index contributed by atoms with van der Waals surface area (Å²) in [5, 5.41) is 0. The van der Waals surface area contributed by atoms with Crippen molar-refractivity contribution in [2.75, 3.05) is 7.11 Å². The number of nitrogens with one attached hydrogen (secondary N) is 1. The zero-order valence-electron chi connectivity index (χ0n) is 11.9. The molecule has 4 nitrogen and oxygen atoms in total. The summed E-state index contributed by atoms with van der Waals surface area (Å²) >= 11 is 0. The SMILES string of the molecule is CCCC(OC)C(NN)C1CCCc2cccnc21. The first-order valence-electron chi connectivity index (χ1n) is 7.24. The number of ether oxygens (including phenoxy) is 1. The molecule has 4 heteroatoms. The molecule has 0 aliphatic heterocycles. The van der Waals surface area contributed by atoms with Crippen molar-refractivity contribution < 1.29 is 4.74 Å². The van der Waals surface area contributed by atoms with Gasteiger partial charge in [-0.25, -0.2) is 0 Å². The van der Waals surface area contributed by atoms with Gasteiger partial charge >= 0.3 is 0 Å². The topological polar surface area (TPSA) is 60.2 Å². The molecule has 3 unspecified atom stereocenters. The van der Waals surface area contributed by atoms with E-state index in [1.807, 2.05) is 12.3 Å². The van der Waals surface area contributed by atoms with Gasteiger partial charge in [-0.3, -0.25) is 16.3 Å². The Labute approximate surface area is 115 Å². The summed E-state index contributed by atoms with van der Waals surface area (Å²) in [6, 6.07) is 4.34. The molecule has 0 spiro atoms. The molecule has 0 aromatic carbocycles. The number of pyridine rings is 1. The largest absolute Gasteiger partial charge is 0.380 e. The summed E-state index contributed by atoms with van der Waals surface area (Å²) in [6.07, 6.45) is 7.59. The second-order valence-corrected chi connectivity index (χ2v) is 5.30. The van der Waals surface area contributed by atoms with Crippen molar-refractivity contribution in [2.45, 2.75) is 57.1 Å². The lowest BCUT2D eigenvalue weighted by atomic mass is 9.79. The van der Waals surface area contributed by atoms with Crippen LogP contribution in [0.4, 0.5) is 0 Å². The van der Waals surface area contributed by atoms with Crippen LogP contribution in [0.25, 0.3) is 0 Å². The number of nitrogens with zero attached hydrogens (tertiary/aromatic N) is 1. The van der Waals surface area contributed by atoms with E-state index in [9.17, 15) is 0 Å². The maximum atomic E-state index is 5.81. The van der Waals surface area contributed by atoms with E-state index in [1.165, 1.54) is 17.7 Å². The molecule has 1 aromatic rings. The first-order valence-corrected chi connectivity index (χ1v) is 7.24. The molecular formula is C15H25N3O. The smallest absolute Gasteiger partial charge is 0.0744 e. The average Bonchev–Trinajstić information content (AvgIpc) is 2.47. The maximum Gasteiger partial charge on any atom is 0.0744 e. The highest BCUT2D eigenvalue weighted by Crippen LogP contribution is 2.34. The Balaban J connectivity index is 2.24. The molecule has 0 saturated carbocycles. The minimum absolute atomic E-state index is 0.138. The summed E-state index contributed by atoms with van der Waals surface area (Å²) in [5.74, 6) is 6.16. The van der Waals surface area contributed by atoms with E-state index < -0.39 is 0 Å². The predicted octanol–water partition coefficient (Wildman–Crippen LogP) is 2.15. The normalized spacial score (nSPS) is 21.7. The predicted molar refractivity (Wildman–Crippen MR) is 76.7 cm³/mol. The number of rotatable bonds is 6. The van der Waals surface area contributed by atoms with Gasteiger partial charge in [0.15, 0.2) is 0 Å².